The molecule has 2 heterocycles. The molecule has 0 radical (unpaired) electrons. The summed E-state index contributed by atoms with van der Waals surface area (Å²) in [6.07, 6.45) is 0.0854. The highest BCUT2D eigenvalue weighted by molar-refractivity contribution is 8.00. The van der Waals surface area contributed by atoms with E-state index in [-0.39, 0.29) is 30.5 Å². The Labute approximate surface area is 141 Å². The Balaban J connectivity index is 2.14. The van der Waals surface area contributed by atoms with Gasteiger partial charge >= 0.3 is 11.9 Å². The number of β-lactam (4-membered cyclic amide) rings is 1. The van der Waals surface area contributed by atoms with Gasteiger partial charge in [0.25, 0.3) is 5.91 Å². The number of aliphatic carboxylic acids is 1. The number of alkyl halides is 1. The number of nitrogens with one attached hydrogen (secondary N) is 1. The average molecular weight is 363 g/mol. The van der Waals surface area contributed by atoms with Crippen LogP contribution in [0.1, 0.15) is 13.3 Å². The third-order valence-corrected chi connectivity index (χ3v) is 4.87. The quantitative estimate of drug-likeness (QED) is 0.386. The van der Waals surface area contributed by atoms with Crippen LogP contribution >= 0.6 is 23.4 Å². The Kier molecular flexibility index (Phi) is 5.53. The van der Waals surface area contributed by atoms with E-state index in [2.05, 4.69) is 5.32 Å². The summed E-state index contributed by atoms with van der Waals surface area (Å²) in [4.78, 5) is 47.2. The van der Waals surface area contributed by atoms with Crippen LogP contribution in [0.2, 0.25) is 0 Å². The zero-order valence-electron chi connectivity index (χ0n) is 12.2. The van der Waals surface area contributed by atoms with Crippen LogP contribution in [-0.2, 0) is 23.9 Å². The van der Waals surface area contributed by atoms with Gasteiger partial charge in [0.1, 0.15) is 23.7 Å². The molecule has 0 aromatic rings. The zero-order valence-corrected chi connectivity index (χ0v) is 13.8. The first-order valence-electron chi connectivity index (χ1n) is 6.75. The van der Waals surface area contributed by atoms with E-state index in [9.17, 15) is 24.3 Å². The summed E-state index contributed by atoms with van der Waals surface area (Å²) >= 11 is 6.78. The third kappa shape index (κ3) is 3.61. The average Bonchev–Trinajstić information content (AvgIpc) is 2.49. The van der Waals surface area contributed by atoms with Gasteiger partial charge < -0.3 is 15.2 Å². The molecule has 2 N–H and O–H groups in total. The first-order chi connectivity index (χ1) is 10.9. The molecular formula is C13H15ClN2O6S. The number of carbonyl (C=O) groups excluding carboxylic acids is 3. The second-order valence-electron chi connectivity index (χ2n) is 4.93. The van der Waals surface area contributed by atoms with Crippen molar-refractivity contribution in [1.82, 2.24) is 10.2 Å². The molecule has 2 aliphatic rings. The highest BCUT2D eigenvalue weighted by Gasteiger charge is 2.54. The van der Waals surface area contributed by atoms with Gasteiger partial charge in [-0.25, -0.2) is 4.79 Å². The van der Waals surface area contributed by atoms with E-state index in [4.69, 9.17) is 16.3 Å². The molecule has 8 nitrogen and oxygen atoms in total. The second-order valence-corrected chi connectivity index (χ2v) is 6.41. The Bertz CT molecular complexity index is 593. The fraction of sp³-hybridized carbons (Fsp3) is 0.538. The molecule has 23 heavy (non-hydrogen) atoms. The molecule has 1 fully saturated rings. The lowest BCUT2D eigenvalue weighted by molar-refractivity contribution is -0.151. The molecule has 0 aliphatic carbocycles. The van der Waals surface area contributed by atoms with Crippen LogP contribution in [0, 0.1) is 0 Å². The van der Waals surface area contributed by atoms with E-state index in [0.717, 1.165) is 4.90 Å². The number of fused-ring (bicyclic) bond motifs is 1. The van der Waals surface area contributed by atoms with E-state index in [1.807, 2.05) is 0 Å². The fourth-order valence-electron chi connectivity index (χ4n) is 2.31. The topological polar surface area (TPSA) is 113 Å². The maximum Gasteiger partial charge on any atom is 0.352 e. The van der Waals surface area contributed by atoms with Crippen molar-refractivity contribution in [1.29, 1.82) is 0 Å². The molecule has 0 unspecified atom stereocenters. The molecule has 2 rings (SSSR count). The number of amides is 2. The number of hydrogen-bond acceptors (Lipinski definition) is 6. The number of carboxylic acids is 1. The maximum absolute atomic E-state index is 12.2. The Morgan fingerprint density at radius 3 is 2.74 bits per heavy atom. The summed E-state index contributed by atoms with van der Waals surface area (Å²) in [5, 5.41) is 11.4. The van der Waals surface area contributed by atoms with Gasteiger partial charge in [-0.15, -0.1) is 23.4 Å². The summed E-state index contributed by atoms with van der Waals surface area (Å²) < 4.78 is 4.83. The van der Waals surface area contributed by atoms with Gasteiger partial charge in [0, 0.05) is 30.6 Å². The predicted molar refractivity (Wildman–Crippen MR) is 81.7 cm³/mol. The molecule has 0 aromatic carbocycles. The summed E-state index contributed by atoms with van der Waals surface area (Å²) in [5.41, 5.74) is 0.177. The lowest BCUT2D eigenvalue weighted by Crippen LogP contribution is -2.70. The van der Waals surface area contributed by atoms with Crippen molar-refractivity contribution in [2.75, 3.05) is 18.2 Å². The molecule has 2 aliphatic heterocycles. The number of carbonyl (C=O) groups is 4. The predicted octanol–water partition coefficient (Wildman–Crippen LogP) is -0.0830. The van der Waals surface area contributed by atoms with Gasteiger partial charge in [0.2, 0.25) is 5.91 Å². The van der Waals surface area contributed by atoms with Crippen LogP contribution in [0.5, 0.6) is 0 Å². The lowest BCUT2D eigenvalue weighted by Gasteiger charge is -2.49. The number of hydrogen-bond donors (Lipinski definition) is 2. The number of halogens is 1. The Morgan fingerprint density at radius 2 is 2.17 bits per heavy atom. The molecule has 0 spiro atoms. The molecular weight excluding hydrogens is 348 g/mol. The third-order valence-electron chi connectivity index (χ3n) is 3.34. The standard InChI is InChI=1S/C13H15ClN2O6S/c1-6(17)22-4-7-5-23-12-9(15-8(18)2-3-14)11(19)16(12)10(7)13(20)21/h9,12H,2-5H2,1H3,(H,15,18)(H,20,21)/t9-,12-/m1/s1. The summed E-state index contributed by atoms with van der Waals surface area (Å²) in [6.45, 7) is 1.04. The minimum atomic E-state index is -1.27. The highest BCUT2D eigenvalue weighted by Crippen LogP contribution is 2.40. The van der Waals surface area contributed by atoms with Crippen molar-refractivity contribution in [3.63, 3.8) is 0 Å². The van der Waals surface area contributed by atoms with Crippen molar-refractivity contribution < 1.29 is 29.0 Å². The van der Waals surface area contributed by atoms with Gasteiger partial charge in [0.05, 0.1) is 0 Å². The first-order valence-corrected chi connectivity index (χ1v) is 8.33. The van der Waals surface area contributed by atoms with Gasteiger partial charge in [-0.1, -0.05) is 0 Å². The number of nitrogens with zero attached hydrogens (tertiary/aromatic N) is 1. The molecule has 2 atom stereocenters. The molecule has 0 saturated carbocycles. The van der Waals surface area contributed by atoms with Crippen molar-refractivity contribution in [2.24, 2.45) is 0 Å². The van der Waals surface area contributed by atoms with Crippen LogP contribution in [0.3, 0.4) is 0 Å². The van der Waals surface area contributed by atoms with Crippen LogP contribution in [0.15, 0.2) is 11.3 Å². The van der Waals surface area contributed by atoms with E-state index < -0.39 is 29.3 Å². The van der Waals surface area contributed by atoms with Crippen molar-refractivity contribution in [3.8, 4) is 0 Å². The van der Waals surface area contributed by atoms with E-state index in [1.165, 1.54) is 18.7 Å². The van der Waals surface area contributed by atoms with Crippen LogP contribution in [-0.4, -0.2) is 63.4 Å². The zero-order chi connectivity index (χ0) is 17.1. The fourth-order valence-corrected chi connectivity index (χ4v) is 3.81. The second kappa shape index (κ2) is 7.22. The molecule has 1 saturated heterocycles. The summed E-state index contributed by atoms with van der Waals surface area (Å²) in [7, 11) is 0. The van der Waals surface area contributed by atoms with Crippen molar-refractivity contribution in [2.45, 2.75) is 24.8 Å². The van der Waals surface area contributed by atoms with Crippen LogP contribution in [0.4, 0.5) is 0 Å². The lowest BCUT2D eigenvalue weighted by atomic mass is 10.0. The minimum absolute atomic E-state index is 0.0854. The van der Waals surface area contributed by atoms with Gasteiger partial charge in [-0.3, -0.25) is 19.3 Å². The van der Waals surface area contributed by atoms with Gasteiger partial charge in [0.15, 0.2) is 0 Å². The first kappa shape index (κ1) is 17.6. The number of esters is 1. The number of carboxylic acid groups (broad SMARTS) is 1. The number of thioether (sulfide) groups is 1. The van der Waals surface area contributed by atoms with Crippen LogP contribution in [0.25, 0.3) is 0 Å². The molecule has 0 bridgehead atoms. The molecule has 10 heteroatoms. The SMILES string of the molecule is CC(=O)OCC1=C(C(=O)O)N2C(=O)[C@@H](NC(=O)CCCl)[C@H]2SC1. The molecule has 2 amide bonds. The smallest absolute Gasteiger partial charge is 0.352 e. The maximum atomic E-state index is 12.2. The van der Waals surface area contributed by atoms with Gasteiger partial charge in [-0.2, -0.15) is 0 Å². The van der Waals surface area contributed by atoms with E-state index in [1.54, 1.807) is 0 Å². The normalized spacial score (nSPS) is 23.0. The van der Waals surface area contributed by atoms with Crippen molar-refractivity contribution in [3.05, 3.63) is 11.3 Å². The summed E-state index contributed by atoms with van der Waals surface area (Å²) in [5.74, 6) is -2.22. The summed E-state index contributed by atoms with van der Waals surface area (Å²) in [6, 6.07) is -0.764. The van der Waals surface area contributed by atoms with E-state index >= 15 is 0 Å². The van der Waals surface area contributed by atoms with Crippen molar-refractivity contribution >= 4 is 47.1 Å². The monoisotopic (exact) mass is 362 g/mol. The minimum Gasteiger partial charge on any atom is -0.477 e. The highest BCUT2D eigenvalue weighted by atomic mass is 35.5. The molecule has 126 valence electrons. The Hall–Kier alpha value is -1.74. The Morgan fingerprint density at radius 1 is 1.48 bits per heavy atom. The van der Waals surface area contributed by atoms with E-state index in [0.29, 0.717) is 11.3 Å². The largest absolute Gasteiger partial charge is 0.477 e. The van der Waals surface area contributed by atoms with Crippen LogP contribution < -0.4 is 5.32 Å². The number of rotatable bonds is 6. The van der Waals surface area contributed by atoms with Gasteiger partial charge in [-0.05, 0) is 0 Å². The molecule has 0 aromatic heterocycles. The number of ether oxygens (including phenoxy) is 1.